The van der Waals surface area contributed by atoms with E-state index < -0.39 is 42.3 Å². The fraction of sp³-hybridized carbons (Fsp3) is 0.758. The quantitative estimate of drug-likeness (QED) is 0.0813. The number of carbonyl (C=O) groups is 2. The van der Waals surface area contributed by atoms with Crippen LogP contribution in [0, 0.1) is 17.3 Å². The second-order valence-electron chi connectivity index (χ2n) is 14.7. The maximum absolute atomic E-state index is 13.8. The molecule has 5 rings (SSSR count). The van der Waals surface area contributed by atoms with Crippen LogP contribution in [-0.2, 0) is 34.6 Å². The summed E-state index contributed by atoms with van der Waals surface area (Å²) in [6.07, 6.45) is 0.983. The summed E-state index contributed by atoms with van der Waals surface area (Å²) in [5.74, 6) is 0.906. The number of benzene rings is 1. The van der Waals surface area contributed by atoms with Gasteiger partial charge in [0.2, 0.25) is 0 Å². The number of rotatable bonds is 11. The van der Waals surface area contributed by atoms with Crippen LogP contribution >= 0.6 is 11.8 Å². The van der Waals surface area contributed by atoms with Crippen molar-refractivity contribution in [1.82, 2.24) is 0 Å². The van der Waals surface area contributed by atoms with Gasteiger partial charge < -0.3 is 33.0 Å². The zero-order valence-electron chi connectivity index (χ0n) is 28.4. The normalized spacial score (nSPS) is 25.8. The molecule has 2 bridgehead atoms. The topological polar surface area (TPSA) is 98.8 Å². The lowest BCUT2D eigenvalue weighted by Crippen LogP contribution is -2.65. The Balaban J connectivity index is 1.71. The van der Waals surface area contributed by atoms with Crippen molar-refractivity contribution in [3.8, 4) is 5.75 Å². The average Bonchev–Trinajstić information content (AvgIpc) is 3.21. The molecule has 1 saturated heterocycles. The van der Waals surface area contributed by atoms with Crippen LogP contribution in [0.2, 0.25) is 0 Å². The summed E-state index contributed by atoms with van der Waals surface area (Å²) in [5.41, 5.74) is -1.04. The van der Waals surface area contributed by atoms with Crippen molar-refractivity contribution in [3.63, 3.8) is 0 Å². The first kappa shape index (κ1) is 35.1. The lowest BCUT2D eigenvalue weighted by atomic mass is 9.43. The van der Waals surface area contributed by atoms with E-state index in [1.807, 2.05) is 26.0 Å². The highest BCUT2D eigenvalue weighted by Gasteiger charge is 2.67. The van der Waals surface area contributed by atoms with Gasteiger partial charge in [0.15, 0.2) is 12.0 Å². The summed E-state index contributed by atoms with van der Waals surface area (Å²) in [5, 5.41) is 0. The molecule has 4 fully saturated rings. The van der Waals surface area contributed by atoms with Crippen molar-refractivity contribution >= 4 is 31.0 Å². The lowest BCUT2D eigenvalue weighted by Gasteiger charge is -2.64. The third-order valence-corrected chi connectivity index (χ3v) is 9.94. The van der Waals surface area contributed by atoms with Crippen molar-refractivity contribution in [2.75, 3.05) is 19.0 Å². The Morgan fingerprint density at radius 3 is 2.20 bits per heavy atom. The van der Waals surface area contributed by atoms with Gasteiger partial charge in [-0.1, -0.05) is 19.9 Å². The highest BCUT2D eigenvalue weighted by molar-refractivity contribution is 7.99. The molecule has 9 nitrogen and oxygen atoms in total. The molecule has 0 N–H and O–H groups in total. The number of hydrogen-bond donors (Lipinski definition) is 0. The molecule has 1 aliphatic heterocycles. The Hall–Kier alpha value is -1.79. The number of ether oxygens (including phenoxy) is 5. The van der Waals surface area contributed by atoms with E-state index in [0.29, 0.717) is 41.3 Å². The van der Waals surface area contributed by atoms with E-state index in [-0.39, 0.29) is 29.2 Å². The average molecular weight is 635 g/mol. The van der Waals surface area contributed by atoms with Gasteiger partial charge in [-0.3, -0.25) is 0 Å². The summed E-state index contributed by atoms with van der Waals surface area (Å²) in [4.78, 5) is 27.5. The van der Waals surface area contributed by atoms with Gasteiger partial charge in [-0.05, 0) is 104 Å². The minimum absolute atomic E-state index is 0.00582. The molecule has 1 aromatic rings. The summed E-state index contributed by atoms with van der Waals surface area (Å²) in [6, 6.07) is 3.70. The zero-order chi connectivity index (χ0) is 32.7. The predicted molar refractivity (Wildman–Crippen MR) is 170 cm³/mol. The van der Waals surface area contributed by atoms with Gasteiger partial charge in [0.05, 0.1) is 11.7 Å². The van der Waals surface area contributed by atoms with Crippen molar-refractivity contribution in [3.05, 3.63) is 23.3 Å². The Labute approximate surface area is 267 Å². The van der Waals surface area contributed by atoms with Crippen LogP contribution in [0.5, 0.6) is 5.75 Å². The third kappa shape index (κ3) is 7.77. The number of hydrogen-bond acceptors (Lipinski definition) is 10. The standard InChI is InChI=1S/C33H51BO9S/c1-12-37-25(38-13-2)19-44-22-15-14-20(18-34-42-24-17-21-16-23(32(21,9)10)33(24,11)43-34)27(39-29(36)41-31(6,7)8)26(22)28(35)40-30(3,4)5/h14-15,21,23-25H,12-13,16-19H2,1-11H3/t21-,23-,24+,33-/m0/s1. The van der Waals surface area contributed by atoms with Crippen LogP contribution < -0.4 is 4.74 Å². The lowest BCUT2D eigenvalue weighted by molar-refractivity contribution is -0.199. The van der Waals surface area contributed by atoms with Gasteiger partial charge in [-0.15, -0.1) is 11.8 Å². The number of thioether (sulfide) groups is 1. The molecule has 0 amide bonds. The first-order chi connectivity index (χ1) is 20.4. The molecular formula is C33H51BO9S. The van der Waals surface area contributed by atoms with E-state index in [4.69, 9.17) is 33.0 Å². The van der Waals surface area contributed by atoms with Crippen LogP contribution in [0.15, 0.2) is 17.0 Å². The second-order valence-corrected chi connectivity index (χ2v) is 15.8. The molecule has 0 radical (unpaired) electrons. The third-order valence-electron chi connectivity index (χ3n) is 8.85. The molecule has 0 aromatic heterocycles. The van der Waals surface area contributed by atoms with E-state index in [0.717, 1.165) is 12.8 Å². The molecular weight excluding hydrogens is 583 g/mol. The Morgan fingerprint density at radius 2 is 1.64 bits per heavy atom. The van der Waals surface area contributed by atoms with Crippen LogP contribution in [0.3, 0.4) is 0 Å². The maximum Gasteiger partial charge on any atom is 0.514 e. The molecule has 0 unspecified atom stereocenters. The summed E-state index contributed by atoms with van der Waals surface area (Å²) >= 11 is 1.37. The van der Waals surface area contributed by atoms with E-state index in [2.05, 4.69) is 20.8 Å². The first-order valence-electron chi connectivity index (χ1n) is 15.9. The number of carbonyl (C=O) groups excluding carboxylic acids is 2. The van der Waals surface area contributed by atoms with E-state index in [9.17, 15) is 9.59 Å². The molecule has 3 aliphatic carbocycles. The van der Waals surface area contributed by atoms with E-state index in [1.165, 1.54) is 11.8 Å². The SMILES string of the molecule is CCOC(CSc1ccc(CB2O[C@@H]3C[C@@H]4C[C@@H](C4(C)C)[C@]3(C)O2)c(OC(=O)OC(C)(C)C)c1C(=O)OC(C)(C)C)OCC. The molecule has 3 saturated carbocycles. The molecule has 1 heterocycles. The molecule has 246 valence electrons. The molecule has 4 atom stereocenters. The highest BCUT2D eigenvalue weighted by atomic mass is 32.2. The maximum atomic E-state index is 13.8. The van der Waals surface area contributed by atoms with Crippen LogP contribution in [0.25, 0.3) is 0 Å². The van der Waals surface area contributed by atoms with Gasteiger partial charge in [0.25, 0.3) is 0 Å². The predicted octanol–water partition coefficient (Wildman–Crippen LogP) is 7.26. The van der Waals surface area contributed by atoms with Crippen LogP contribution in [0.4, 0.5) is 4.79 Å². The van der Waals surface area contributed by atoms with E-state index >= 15 is 0 Å². The molecule has 1 aromatic carbocycles. The fourth-order valence-electron chi connectivity index (χ4n) is 6.77. The molecule has 44 heavy (non-hydrogen) atoms. The van der Waals surface area contributed by atoms with Crippen LogP contribution in [0.1, 0.15) is 105 Å². The Bertz CT molecular complexity index is 1200. The van der Waals surface area contributed by atoms with Crippen molar-refractivity contribution < 1.29 is 42.6 Å². The summed E-state index contributed by atoms with van der Waals surface area (Å²) in [7, 11) is -0.564. The minimum Gasteiger partial charge on any atom is -0.456 e. The Morgan fingerprint density at radius 1 is 1.00 bits per heavy atom. The molecule has 11 heteroatoms. The van der Waals surface area contributed by atoms with E-state index in [1.54, 1.807) is 41.5 Å². The monoisotopic (exact) mass is 634 g/mol. The van der Waals surface area contributed by atoms with Gasteiger partial charge >= 0.3 is 19.2 Å². The van der Waals surface area contributed by atoms with Gasteiger partial charge in [-0.25, -0.2) is 9.59 Å². The van der Waals surface area contributed by atoms with Gasteiger partial charge in [0.1, 0.15) is 16.8 Å². The summed E-state index contributed by atoms with van der Waals surface area (Å²) in [6.45, 7) is 22.2. The largest absolute Gasteiger partial charge is 0.514 e. The van der Waals surface area contributed by atoms with Crippen molar-refractivity contribution in [1.29, 1.82) is 0 Å². The van der Waals surface area contributed by atoms with Crippen LogP contribution in [-0.4, -0.2) is 67.4 Å². The van der Waals surface area contributed by atoms with Crippen molar-refractivity contribution in [2.45, 2.75) is 129 Å². The fourth-order valence-corrected chi connectivity index (χ4v) is 7.77. The van der Waals surface area contributed by atoms with Crippen molar-refractivity contribution in [2.24, 2.45) is 17.3 Å². The second kappa shape index (κ2) is 13.1. The minimum atomic E-state index is -0.913. The molecule has 0 spiro atoms. The highest BCUT2D eigenvalue weighted by Crippen LogP contribution is 2.65. The van der Waals surface area contributed by atoms with Gasteiger partial charge in [-0.2, -0.15) is 0 Å². The number of esters is 1. The smallest absolute Gasteiger partial charge is 0.456 e. The Kier molecular flexibility index (Phi) is 10.5. The molecule has 4 aliphatic rings. The zero-order valence-corrected chi connectivity index (χ0v) is 29.2. The first-order valence-corrected chi connectivity index (χ1v) is 16.9. The summed E-state index contributed by atoms with van der Waals surface area (Å²) < 4.78 is 41.9. The van der Waals surface area contributed by atoms with Gasteiger partial charge in [0, 0.05) is 30.2 Å².